The van der Waals surface area contributed by atoms with E-state index in [4.69, 9.17) is 9.15 Å². The minimum Gasteiger partial charge on any atom is -0.598 e. The zero-order valence-corrected chi connectivity index (χ0v) is 15.3. The second-order valence-electron chi connectivity index (χ2n) is 6.12. The van der Waals surface area contributed by atoms with Gasteiger partial charge in [0.15, 0.2) is 0 Å². The Bertz CT molecular complexity index is 823. The minimum absolute atomic E-state index is 0. The van der Waals surface area contributed by atoms with Gasteiger partial charge in [-0.25, -0.2) is 0 Å². The van der Waals surface area contributed by atoms with E-state index in [1.165, 1.54) is 0 Å². The fourth-order valence-electron chi connectivity index (χ4n) is 3.29. The molecule has 0 N–H and O–H groups in total. The summed E-state index contributed by atoms with van der Waals surface area (Å²) in [6.07, 6.45) is 4.48. The molecule has 0 fully saturated rings. The van der Waals surface area contributed by atoms with Crippen LogP contribution < -0.4 is 18.9 Å². The summed E-state index contributed by atoms with van der Waals surface area (Å²) in [6.45, 7) is 0.398. The van der Waals surface area contributed by atoms with Gasteiger partial charge < -0.3 is 9.15 Å². The van der Waals surface area contributed by atoms with E-state index in [1.54, 1.807) is 6.26 Å². The molecule has 0 bridgehead atoms. The number of hydrogen-bond acceptors (Lipinski definition) is 2. The number of benzene rings is 3. The van der Waals surface area contributed by atoms with Crippen LogP contribution in [0.25, 0.3) is 0 Å². The third-order valence-electron chi connectivity index (χ3n) is 4.51. The molecule has 0 aliphatic carbocycles. The Morgan fingerprint density at radius 3 is 1.48 bits per heavy atom. The quantitative estimate of drug-likeness (QED) is 0.304. The average molecular weight is 346 g/mol. The monoisotopic (exact) mass is 346 g/mol. The van der Waals surface area contributed by atoms with E-state index in [0.717, 1.165) is 22.3 Å². The normalized spacial score (nSPS) is 11.0. The van der Waals surface area contributed by atoms with Gasteiger partial charge in [-0.3, -0.25) is 0 Å². The van der Waals surface area contributed by atoms with Gasteiger partial charge in [0.2, 0.25) is 0 Å². The minimum atomic E-state index is -0.713. The van der Waals surface area contributed by atoms with Crippen LogP contribution in [0.2, 0.25) is 0 Å². The molecular weight excluding hydrogens is 327 g/mol. The fourth-order valence-corrected chi connectivity index (χ4v) is 3.29. The molecule has 0 aliphatic rings. The fraction of sp³-hybridized carbons (Fsp3) is 0.0833. The third kappa shape index (κ3) is 3.94. The molecule has 2 nitrogen and oxygen atoms in total. The molecule has 0 aliphatic heterocycles. The molecular formula is C24H19LiO2. The summed E-state index contributed by atoms with van der Waals surface area (Å²) < 4.78 is 11.7. The third-order valence-corrected chi connectivity index (χ3v) is 4.51. The number of furan rings is 1. The van der Waals surface area contributed by atoms with E-state index in [0.29, 0.717) is 6.61 Å². The zero-order valence-electron chi connectivity index (χ0n) is 15.3. The molecule has 0 saturated heterocycles. The molecule has 4 aromatic rings. The maximum absolute atomic E-state index is 6.64. The van der Waals surface area contributed by atoms with E-state index >= 15 is 0 Å². The number of ether oxygens (including phenoxy) is 1. The van der Waals surface area contributed by atoms with Crippen molar-refractivity contribution < 1.29 is 28.0 Å². The van der Waals surface area contributed by atoms with Crippen LogP contribution in [0.5, 0.6) is 0 Å². The molecule has 1 heterocycles. The summed E-state index contributed by atoms with van der Waals surface area (Å²) in [6, 6.07) is 32.9. The van der Waals surface area contributed by atoms with Gasteiger partial charge in [0.1, 0.15) is 5.60 Å². The second-order valence-corrected chi connectivity index (χ2v) is 6.12. The van der Waals surface area contributed by atoms with Gasteiger partial charge in [-0.05, 0) is 23.0 Å². The molecule has 27 heavy (non-hydrogen) atoms. The molecule has 0 amide bonds. The SMILES string of the molecule is [Li+].[c-]1occc1COC(c1ccccc1)(c1ccccc1)c1ccccc1. The van der Waals surface area contributed by atoms with E-state index in [1.807, 2.05) is 60.7 Å². The first-order valence-corrected chi connectivity index (χ1v) is 8.64. The summed E-state index contributed by atoms with van der Waals surface area (Å²) in [5.74, 6) is 0. The molecule has 0 radical (unpaired) electrons. The molecule has 3 aromatic carbocycles. The first kappa shape index (κ1) is 19.3. The van der Waals surface area contributed by atoms with E-state index in [-0.39, 0.29) is 18.9 Å². The van der Waals surface area contributed by atoms with Crippen molar-refractivity contribution in [3.8, 4) is 0 Å². The van der Waals surface area contributed by atoms with Gasteiger partial charge >= 0.3 is 18.9 Å². The summed E-state index contributed by atoms with van der Waals surface area (Å²) >= 11 is 0. The van der Waals surface area contributed by atoms with Crippen LogP contribution in [-0.4, -0.2) is 0 Å². The first-order valence-electron chi connectivity index (χ1n) is 8.64. The van der Waals surface area contributed by atoms with Crippen LogP contribution in [0, 0.1) is 6.26 Å². The molecule has 1 aromatic heterocycles. The Morgan fingerprint density at radius 2 is 1.11 bits per heavy atom. The van der Waals surface area contributed by atoms with Crippen LogP contribution in [0.3, 0.4) is 0 Å². The summed E-state index contributed by atoms with van der Waals surface area (Å²) in [7, 11) is 0. The Labute approximate surface area is 172 Å². The molecule has 0 atom stereocenters. The van der Waals surface area contributed by atoms with Gasteiger partial charge in [0.25, 0.3) is 0 Å². The summed E-state index contributed by atoms with van der Waals surface area (Å²) in [5.41, 5.74) is 3.43. The van der Waals surface area contributed by atoms with Crippen molar-refractivity contribution in [3.05, 3.63) is 132 Å². The number of hydrogen-bond donors (Lipinski definition) is 0. The predicted molar refractivity (Wildman–Crippen MR) is 102 cm³/mol. The van der Waals surface area contributed by atoms with Crippen molar-refractivity contribution in [3.63, 3.8) is 0 Å². The number of rotatable bonds is 6. The van der Waals surface area contributed by atoms with Gasteiger partial charge in [0, 0.05) is 0 Å². The molecule has 0 saturated carbocycles. The average Bonchev–Trinajstić information content (AvgIpc) is 3.25. The van der Waals surface area contributed by atoms with Crippen LogP contribution in [0.1, 0.15) is 22.3 Å². The smallest absolute Gasteiger partial charge is 0.598 e. The van der Waals surface area contributed by atoms with E-state index < -0.39 is 5.60 Å². The second kappa shape index (κ2) is 8.93. The van der Waals surface area contributed by atoms with Gasteiger partial charge in [0.05, 0.1) is 6.61 Å². The Morgan fingerprint density at radius 1 is 0.667 bits per heavy atom. The van der Waals surface area contributed by atoms with Crippen LogP contribution >= 0.6 is 0 Å². The van der Waals surface area contributed by atoms with Crippen LogP contribution in [0.4, 0.5) is 0 Å². The largest absolute Gasteiger partial charge is 1.00 e. The maximum Gasteiger partial charge on any atom is 1.00 e. The molecule has 0 unspecified atom stereocenters. The molecule has 128 valence electrons. The Kier molecular flexibility index (Phi) is 6.37. The predicted octanol–water partition coefficient (Wildman–Crippen LogP) is 2.59. The zero-order chi connectivity index (χ0) is 17.7. The molecule has 4 rings (SSSR count). The van der Waals surface area contributed by atoms with Crippen molar-refractivity contribution in [2.24, 2.45) is 0 Å². The van der Waals surface area contributed by atoms with E-state index in [2.05, 4.69) is 42.7 Å². The van der Waals surface area contributed by atoms with Crippen LogP contribution in [0.15, 0.2) is 108 Å². The van der Waals surface area contributed by atoms with Crippen molar-refractivity contribution in [2.45, 2.75) is 12.2 Å². The van der Waals surface area contributed by atoms with Crippen molar-refractivity contribution in [1.29, 1.82) is 0 Å². The molecule has 0 spiro atoms. The summed E-state index contributed by atoms with van der Waals surface area (Å²) in [4.78, 5) is 0. The van der Waals surface area contributed by atoms with Crippen molar-refractivity contribution >= 4 is 0 Å². The van der Waals surface area contributed by atoms with Gasteiger partial charge in [-0.2, -0.15) is 6.07 Å². The Hall–Kier alpha value is -2.50. The van der Waals surface area contributed by atoms with Gasteiger partial charge in [-0.1, -0.05) is 97.3 Å². The first-order chi connectivity index (χ1) is 12.9. The van der Waals surface area contributed by atoms with Crippen LogP contribution in [-0.2, 0) is 16.9 Å². The van der Waals surface area contributed by atoms with Crippen molar-refractivity contribution in [1.82, 2.24) is 0 Å². The van der Waals surface area contributed by atoms with Gasteiger partial charge in [-0.15, -0.1) is 5.56 Å². The standard InChI is InChI=1S/C24H19O2.Li/c1-4-10-21(11-5-1)24(22-12-6-2-7-13-22,23-14-8-3-9-15-23)26-19-20-16-17-25-18-20;/h1-17H,19H2;/q-1;+1. The molecule has 3 heteroatoms. The summed E-state index contributed by atoms with van der Waals surface area (Å²) in [5, 5.41) is 0. The Balaban J connectivity index is 0.00000210. The topological polar surface area (TPSA) is 22.4 Å². The van der Waals surface area contributed by atoms with Crippen molar-refractivity contribution in [2.75, 3.05) is 0 Å². The maximum atomic E-state index is 6.64. The van der Waals surface area contributed by atoms with E-state index in [9.17, 15) is 0 Å².